The van der Waals surface area contributed by atoms with Crippen molar-refractivity contribution in [2.45, 2.75) is 64.7 Å². The van der Waals surface area contributed by atoms with Gasteiger partial charge in [0, 0.05) is 20.6 Å². The van der Waals surface area contributed by atoms with Crippen molar-refractivity contribution in [2.75, 3.05) is 26.6 Å². The molecule has 33 heavy (non-hydrogen) atoms. The minimum atomic E-state index is -1.14. The fourth-order valence-corrected chi connectivity index (χ4v) is 3.94. The minimum absolute atomic E-state index is 0.0464. The number of carbonyl (C=O) groups is 1. The molecule has 4 N–H and O–H groups in total. The van der Waals surface area contributed by atoms with Crippen LogP contribution in [-0.2, 0) is 11.2 Å². The first-order chi connectivity index (χ1) is 15.6. The smallest absolute Gasteiger partial charge is 0.406 e. The third kappa shape index (κ3) is 9.27. The fraction of sp³-hybridized carbons (Fsp3) is 0.560. The van der Waals surface area contributed by atoms with Gasteiger partial charge in [0.05, 0.1) is 18.9 Å². The lowest BCUT2D eigenvalue weighted by molar-refractivity contribution is -0.0456. The molecule has 2 unspecified atom stereocenters. The summed E-state index contributed by atoms with van der Waals surface area (Å²) in [4.78, 5) is 11.4. The summed E-state index contributed by atoms with van der Waals surface area (Å²) in [5.41, 5.74) is 1.94. The Kier molecular flexibility index (Phi) is 12.3. The van der Waals surface area contributed by atoms with Gasteiger partial charge in [0.25, 0.3) is 0 Å². The first-order valence-corrected chi connectivity index (χ1v) is 11.6. The highest BCUT2D eigenvalue weighted by molar-refractivity contribution is 6.34. The molecule has 0 aromatic heterocycles. The zero-order valence-electron chi connectivity index (χ0n) is 20.6. The molecule has 3 atom stereocenters. The van der Waals surface area contributed by atoms with Gasteiger partial charge >= 0.3 is 6.09 Å². The second-order valence-electron chi connectivity index (χ2n) is 8.35. The van der Waals surface area contributed by atoms with Crippen LogP contribution >= 0.6 is 11.6 Å². The van der Waals surface area contributed by atoms with Gasteiger partial charge in [-0.05, 0) is 56.2 Å². The third-order valence-corrected chi connectivity index (χ3v) is 6.23. The summed E-state index contributed by atoms with van der Waals surface area (Å²) in [7, 11) is 4.90. The van der Waals surface area contributed by atoms with Crippen LogP contribution in [0.25, 0.3) is 0 Å². The number of hydrogen-bond donors (Lipinski definition) is 4. The maximum Gasteiger partial charge on any atom is 0.406 e. The van der Waals surface area contributed by atoms with E-state index in [1.165, 1.54) is 7.11 Å². The summed E-state index contributed by atoms with van der Waals surface area (Å²) in [6, 6.07) is 3.91. The molecule has 0 aliphatic heterocycles. The molecule has 186 valence electrons. The van der Waals surface area contributed by atoms with Crippen molar-refractivity contribution in [1.82, 2.24) is 5.32 Å². The molecule has 8 heteroatoms. The van der Waals surface area contributed by atoms with E-state index in [-0.39, 0.29) is 5.92 Å². The fourth-order valence-electron chi connectivity index (χ4n) is 3.66. The Morgan fingerprint density at radius 2 is 2.03 bits per heavy atom. The maximum atomic E-state index is 11.4. The standard InChI is InChI=1S/C25H39ClN2O5/c1-7-21(29)18(3)11-13-25(33-6,28-24(30)31)12-9-8-10-17(2)14-19-15-20(27-4)23(26)22(16-19)32-5/h8-10,15-16,18,21,27-29H,7,11-14H2,1-6H3,(H,30,31)/b9-8-,17-10+/t18-,21?,25?/m1/s1. The van der Waals surface area contributed by atoms with Gasteiger partial charge in [-0.2, -0.15) is 0 Å². The van der Waals surface area contributed by atoms with Crippen LogP contribution in [0.1, 0.15) is 52.0 Å². The Labute approximate surface area is 202 Å². The van der Waals surface area contributed by atoms with Crippen molar-refractivity contribution in [3.8, 4) is 5.75 Å². The summed E-state index contributed by atoms with van der Waals surface area (Å²) in [6.07, 6.45) is 7.07. The van der Waals surface area contributed by atoms with E-state index in [9.17, 15) is 15.0 Å². The van der Waals surface area contributed by atoms with E-state index < -0.39 is 17.9 Å². The molecule has 0 aliphatic rings. The predicted molar refractivity (Wildman–Crippen MR) is 134 cm³/mol. The first kappa shape index (κ1) is 28.8. The average molecular weight is 483 g/mol. The maximum absolute atomic E-state index is 11.4. The van der Waals surface area contributed by atoms with E-state index in [1.807, 2.05) is 58.2 Å². The summed E-state index contributed by atoms with van der Waals surface area (Å²) in [6.45, 7) is 5.91. The van der Waals surface area contributed by atoms with Crippen LogP contribution in [0.2, 0.25) is 5.02 Å². The third-order valence-electron chi connectivity index (χ3n) is 5.84. The van der Waals surface area contributed by atoms with Crippen LogP contribution in [0.4, 0.5) is 10.5 Å². The SMILES string of the molecule is CCC(O)[C@H](C)CCC(C/C=C\C=C(/C)Cc1cc(NC)c(Cl)c(OC)c1)(NC(=O)O)OC. The molecule has 0 saturated heterocycles. The van der Waals surface area contributed by atoms with Crippen molar-refractivity contribution >= 4 is 23.4 Å². The van der Waals surface area contributed by atoms with Crippen molar-refractivity contribution < 1.29 is 24.5 Å². The highest BCUT2D eigenvalue weighted by Gasteiger charge is 2.31. The Hall–Kier alpha value is -2.22. The molecule has 7 nitrogen and oxygen atoms in total. The van der Waals surface area contributed by atoms with Crippen molar-refractivity contribution in [1.29, 1.82) is 0 Å². The molecule has 0 radical (unpaired) electrons. The highest BCUT2D eigenvalue weighted by Crippen LogP contribution is 2.34. The number of amides is 1. The molecule has 0 fully saturated rings. The summed E-state index contributed by atoms with van der Waals surface area (Å²) in [5, 5.41) is 25.5. The van der Waals surface area contributed by atoms with Crippen LogP contribution in [0.5, 0.6) is 5.75 Å². The van der Waals surface area contributed by atoms with Crippen LogP contribution in [0.15, 0.2) is 35.9 Å². The lowest BCUT2D eigenvalue weighted by Crippen LogP contribution is -2.49. The normalized spacial score (nSPS) is 15.7. The second kappa shape index (κ2) is 14.1. The van der Waals surface area contributed by atoms with E-state index in [0.717, 1.165) is 16.8 Å². The molecule has 0 saturated carbocycles. The van der Waals surface area contributed by atoms with Gasteiger partial charge in [-0.3, -0.25) is 5.32 Å². The summed E-state index contributed by atoms with van der Waals surface area (Å²) in [5.74, 6) is 0.666. The summed E-state index contributed by atoms with van der Waals surface area (Å²) >= 11 is 6.30. The van der Waals surface area contributed by atoms with Crippen molar-refractivity contribution in [3.63, 3.8) is 0 Å². The number of methoxy groups -OCH3 is 2. The number of allylic oxidation sites excluding steroid dienone is 3. The van der Waals surface area contributed by atoms with Gasteiger partial charge in [-0.1, -0.05) is 49.2 Å². The van der Waals surface area contributed by atoms with E-state index in [2.05, 4.69) is 10.6 Å². The molecule has 0 bridgehead atoms. The molecular formula is C25H39ClN2O5. The van der Waals surface area contributed by atoms with Crippen LogP contribution in [0, 0.1) is 5.92 Å². The van der Waals surface area contributed by atoms with Crippen molar-refractivity contribution in [3.05, 3.63) is 46.5 Å². The quantitative estimate of drug-likeness (QED) is 0.203. The predicted octanol–water partition coefficient (Wildman–Crippen LogP) is 5.62. The molecule has 1 aromatic rings. The van der Waals surface area contributed by atoms with Gasteiger partial charge in [0.2, 0.25) is 0 Å². The number of carboxylic acid groups (broad SMARTS) is 1. The molecule has 0 heterocycles. The van der Waals surface area contributed by atoms with Gasteiger partial charge < -0.3 is 25.0 Å². The number of nitrogens with one attached hydrogen (secondary N) is 2. The highest BCUT2D eigenvalue weighted by atomic mass is 35.5. The van der Waals surface area contributed by atoms with Crippen molar-refractivity contribution in [2.24, 2.45) is 5.92 Å². The van der Waals surface area contributed by atoms with E-state index in [0.29, 0.717) is 42.9 Å². The molecule has 1 rings (SSSR count). The van der Waals surface area contributed by atoms with Crippen LogP contribution in [-0.4, -0.2) is 49.4 Å². The second-order valence-corrected chi connectivity index (χ2v) is 8.73. The number of anilines is 1. The van der Waals surface area contributed by atoms with E-state index >= 15 is 0 Å². The number of ether oxygens (including phenoxy) is 2. The van der Waals surface area contributed by atoms with Gasteiger partial charge in [0.15, 0.2) is 0 Å². The molecular weight excluding hydrogens is 444 g/mol. The van der Waals surface area contributed by atoms with E-state index in [4.69, 9.17) is 21.1 Å². The minimum Gasteiger partial charge on any atom is -0.495 e. The molecule has 1 amide bonds. The molecule has 0 spiro atoms. The topological polar surface area (TPSA) is 100 Å². The Balaban J connectivity index is 2.89. The summed E-state index contributed by atoms with van der Waals surface area (Å²) < 4.78 is 11.0. The number of aliphatic hydroxyl groups is 1. The zero-order chi connectivity index (χ0) is 25.0. The van der Waals surface area contributed by atoms with Gasteiger partial charge in [-0.25, -0.2) is 4.79 Å². The Morgan fingerprint density at radius 3 is 2.58 bits per heavy atom. The van der Waals surface area contributed by atoms with Gasteiger partial charge in [0.1, 0.15) is 16.5 Å². The molecule has 0 aliphatic carbocycles. The van der Waals surface area contributed by atoms with Gasteiger partial charge in [-0.15, -0.1) is 0 Å². The van der Waals surface area contributed by atoms with Crippen LogP contribution < -0.4 is 15.4 Å². The number of rotatable bonds is 14. The lowest BCUT2D eigenvalue weighted by atomic mass is 9.92. The number of benzene rings is 1. The Bertz CT molecular complexity index is 802. The lowest BCUT2D eigenvalue weighted by Gasteiger charge is -2.33. The monoisotopic (exact) mass is 482 g/mol. The number of aliphatic hydroxyl groups excluding tert-OH is 1. The Morgan fingerprint density at radius 1 is 1.33 bits per heavy atom. The number of hydrogen-bond acceptors (Lipinski definition) is 5. The number of halogens is 1. The van der Waals surface area contributed by atoms with E-state index in [1.54, 1.807) is 7.11 Å². The van der Waals surface area contributed by atoms with Crippen LogP contribution in [0.3, 0.4) is 0 Å². The largest absolute Gasteiger partial charge is 0.495 e. The molecule has 1 aromatic carbocycles. The first-order valence-electron chi connectivity index (χ1n) is 11.2. The average Bonchev–Trinajstić information content (AvgIpc) is 2.79. The zero-order valence-corrected chi connectivity index (χ0v) is 21.3.